The van der Waals surface area contributed by atoms with Crippen LogP contribution in [0.5, 0.6) is 11.5 Å². The number of aromatic amines is 1. The van der Waals surface area contributed by atoms with E-state index in [2.05, 4.69) is 10.3 Å². The van der Waals surface area contributed by atoms with Gasteiger partial charge in [0.2, 0.25) is 0 Å². The molecule has 0 radical (unpaired) electrons. The van der Waals surface area contributed by atoms with Crippen molar-refractivity contribution in [3.63, 3.8) is 0 Å². The highest BCUT2D eigenvalue weighted by Gasteiger charge is 2.14. The summed E-state index contributed by atoms with van der Waals surface area (Å²) in [7, 11) is 0. The number of carbonyl (C=O) groups is 1. The van der Waals surface area contributed by atoms with Gasteiger partial charge in [0.25, 0.3) is 5.91 Å². The van der Waals surface area contributed by atoms with Crippen LogP contribution in [0, 0.1) is 0 Å². The van der Waals surface area contributed by atoms with Gasteiger partial charge in [-0.15, -0.1) is 0 Å². The Morgan fingerprint density at radius 2 is 1.88 bits per heavy atom. The molecular weight excluding hydrogens is 340 g/mol. The summed E-state index contributed by atoms with van der Waals surface area (Å²) in [5.74, 6) is 1.00. The van der Waals surface area contributed by atoms with E-state index in [0.29, 0.717) is 41.1 Å². The number of carbonyl (C=O) groups excluding carboxylic acids is 1. The molecule has 0 unspecified atom stereocenters. The fourth-order valence-electron chi connectivity index (χ4n) is 2.56. The van der Waals surface area contributed by atoms with Gasteiger partial charge < -0.3 is 19.8 Å². The standard InChI is InChI=1S/C19H19ClN2O3/c1-3-24-14-6-8-18(25-4-2)16(11-14)22-19(23)17-10-12-9-13(20)5-7-15(12)21-17/h5-11,21H,3-4H2,1-2H3,(H,22,23). The Morgan fingerprint density at radius 3 is 2.64 bits per heavy atom. The maximum atomic E-state index is 12.6. The lowest BCUT2D eigenvalue weighted by Gasteiger charge is -2.13. The summed E-state index contributed by atoms with van der Waals surface area (Å²) in [6.07, 6.45) is 0. The average molecular weight is 359 g/mol. The van der Waals surface area contributed by atoms with Crippen molar-refractivity contribution < 1.29 is 14.3 Å². The van der Waals surface area contributed by atoms with Crippen LogP contribution in [0.2, 0.25) is 5.02 Å². The van der Waals surface area contributed by atoms with Crippen LogP contribution in [0.25, 0.3) is 10.9 Å². The van der Waals surface area contributed by atoms with E-state index >= 15 is 0 Å². The maximum Gasteiger partial charge on any atom is 0.272 e. The lowest BCUT2D eigenvalue weighted by Crippen LogP contribution is -2.13. The smallest absolute Gasteiger partial charge is 0.272 e. The number of benzene rings is 2. The molecule has 3 aromatic rings. The minimum absolute atomic E-state index is 0.262. The number of aromatic nitrogens is 1. The molecule has 0 bridgehead atoms. The summed E-state index contributed by atoms with van der Waals surface area (Å²) in [5.41, 5.74) is 1.86. The summed E-state index contributed by atoms with van der Waals surface area (Å²) < 4.78 is 11.1. The maximum absolute atomic E-state index is 12.6. The van der Waals surface area contributed by atoms with Gasteiger partial charge >= 0.3 is 0 Å². The molecule has 2 N–H and O–H groups in total. The molecule has 1 heterocycles. The minimum atomic E-state index is -0.262. The van der Waals surface area contributed by atoms with Crippen molar-refractivity contribution in [3.8, 4) is 11.5 Å². The van der Waals surface area contributed by atoms with Gasteiger partial charge in [-0.2, -0.15) is 0 Å². The molecule has 0 saturated carbocycles. The van der Waals surface area contributed by atoms with Crippen molar-refractivity contribution in [2.45, 2.75) is 13.8 Å². The molecular formula is C19H19ClN2O3. The molecule has 25 heavy (non-hydrogen) atoms. The van der Waals surface area contributed by atoms with E-state index in [4.69, 9.17) is 21.1 Å². The summed E-state index contributed by atoms with van der Waals surface area (Å²) in [5, 5.41) is 4.38. The lowest BCUT2D eigenvalue weighted by molar-refractivity contribution is 0.102. The van der Waals surface area contributed by atoms with Gasteiger partial charge in [0.1, 0.15) is 17.2 Å². The molecule has 1 amide bonds. The van der Waals surface area contributed by atoms with Gasteiger partial charge in [0.05, 0.1) is 18.9 Å². The number of fused-ring (bicyclic) bond motifs is 1. The zero-order chi connectivity index (χ0) is 17.8. The molecule has 0 aliphatic rings. The Bertz CT molecular complexity index is 905. The number of rotatable bonds is 6. The van der Waals surface area contributed by atoms with Crippen LogP contribution < -0.4 is 14.8 Å². The van der Waals surface area contributed by atoms with E-state index in [1.807, 2.05) is 32.0 Å². The first-order valence-corrected chi connectivity index (χ1v) is 8.47. The summed E-state index contributed by atoms with van der Waals surface area (Å²) in [4.78, 5) is 15.7. The molecule has 0 aliphatic heterocycles. The van der Waals surface area contributed by atoms with Gasteiger partial charge in [-0.05, 0) is 50.2 Å². The number of halogens is 1. The van der Waals surface area contributed by atoms with Crippen molar-refractivity contribution in [3.05, 3.63) is 53.2 Å². The van der Waals surface area contributed by atoms with Crippen LogP contribution in [-0.4, -0.2) is 24.1 Å². The second-order valence-electron chi connectivity index (χ2n) is 5.39. The molecule has 5 nitrogen and oxygen atoms in total. The SMILES string of the molecule is CCOc1ccc(OCC)c(NC(=O)c2cc3cc(Cl)ccc3[nH]2)c1. The van der Waals surface area contributed by atoms with Gasteiger partial charge in [-0.3, -0.25) is 4.79 Å². The molecule has 0 fully saturated rings. The van der Waals surface area contributed by atoms with Crippen LogP contribution in [0.3, 0.4) is 0 Å². The van der Waals surface area contributed by atoms with E-state index in [1.165, 1.54) is 0 Å². The third-order valence-electron chi connectivity index (χ3n) is 3.64. The Labute approximate surface area is 150 Å². The number of amides is 1. The molecule has 0 saturated heterocycles. The molecule has 0 aliphatic carbocycles. The second kappa shape index (κ2) is 7.49. The average Bonchev–Trinajstić information content (AvgIpc) is 3.01. The first-order chi connectivity index (χ1) is 12.1. The first-order valence-electron chi connectivity index (χ1n) is 8.10. The molecule has 6 heteroatoms. The highest BCUT2D eigenvalue weighted by atomic mass is 35.5. The molecule has 1 aromatic heterocycles. The fourth-order valence-corrected chi connectivity index (χ4v) is 2.74. The topological polar surface area (TPSA) is 63.4 Å². The van der Waals surface area contributed by atoms with Gasteiger partial charge in [0, 0.05) is 22.0 Å². The van der Waals surface area contributed by atoms with Crippen LogP contribution in [0.1, 0.15) is 24.3 Å². The van der Waals surface area contributed by atoms with E-state index in [9.17, 15) is 4.79 Å². The third-order valence-corrected chi connectivity index (χ3v) is 3.87. The zero-order valence-electron chi connectivity index (χ0n) is 14.1. The van der Waals surface area contributed by atoms with E-state index < -0.39 is 0 Å². The van der Waals surface area contributed by atoms with Crippen LogP contribution in [0.4, 0.5) is 5.69 Å². The first kappa shape index (κ1) is 17.2. The van der Waals surface area contributed by atoms with E-state index in [1.54, 1.807) is 24.3 Å². The molecule has 2 aromatic carbocycles. The van der Waals surface area contributed by atoms with E-state index in [0.717, 1.165) is 10.9 Å². The summed E-state index contributed by atoms with van der Waals surface area (Å²) in [6.45, 7) is 4.85. The molecule has 0 spiro atoms. The van der Waals surface area contributed by atoms with Crippen molar-refractivity contribution >= 4 is 34.1 Å². The summed E-state index contributed by atoms with van der Waals surface area (Å²) >= 11 is 6.00. The number of hydrogen-bond donors (Lipinski definition) is 2. The zero-order valence-corrected chi connectivity index (χ0v) is 14.8. The summed E-state index contributed by atoms with van der Waals surface area (Å²) in [6, 6.07) is 12.6. The Kier molecular flexibility index (Phi) is 5.14. The number of hydrogen-bond acceptors (Lipinski definition) is 3. The monoisotopic (exact) mass is 358 g/mol. The second-order valence-corrected chi connectivity index (χ2v) is 5.83. The Hall–Kier alpha value is -2.66. The van der Waals surface area contributed by atoms with E-state index in [-0.39, 0.29) is 5.91 Å². The molecule has 0 atom stereocenters. The van der Waals surface area contributed by atoms with Gasteiger partial charge in [0.15, 0.2) is 0 Å². The Morgan fingerprint density at radius 1 is 1.08 bits per heavy atom. The van der Waals surface area contributed by atoms with Crippen molar-refractivity contribution in [1.82, 2.24) is 4.98 Å². The predicted octanol–water partition coefficient (Wildman–Crippen LogP) is 4.87. The molecule has 130 valence electrons. The predicted molar refractivity (Wildman–Crippen MR) is 100 cm³/mol. The Balaban J connectivity index is 1.88. The molecule has 3 rings (SSSR count). The number of ether oxygens (including phenoxy) is 2. The lowest BCUT2D eigenvalue weighted by atomic mass is 10.2. The largest absolute Gasteiger partial charge is 0.494 e. The van der Waals surface area contributed by atoms with Crippen LogP contribution in [-0.2, 0) is 0 Å². The third kappa shape index (κ3) is 3.88. The quantitative estimate of drug-likeness (QED) is 0.660. The van der Waals surface area contributed by atoms with Gasteiger partial charge in [-0.1, -0.05) is 11.6 Å². The van der Waals surface area contributed by atoms with Crippen molar-refractivity contribution in [2.24, 2.45) is 0 Å². The normalized spacial score (nSPS) is 10.7. The number of anilines is 1. The number of H-pyrrole nitrogens is 1. The number of nitrogens with one attached hydrogen (secondary N) is 2. The van der Waals surface area contributed by atoms with Gasteiger partial charge in [-0.25, -0.2) is 0 Å². The van der Waals surface area contributed by atoms with Crippen molar-refractivity contribution in [1.29, 1.82) is 0 Å². The van der Waals surface area contributed by atoms with Crippen molar-refractivity contribution in [2.75, 3.05) is 18.5 Å². The minimum Gasteiger partial charge on any atom is -0.494 e. The van der Waals surface area contributed by atoms with Crippen LogP contribution in [0.15, 0.2) is 42.5 Å². The highest BCUT2D eigenvalue weighted by Crippen LogP contribution is 2.30. The fraction of sp³-hybridized carbons (Fsp3) is 0.211. The van der Waals surface area contributed by atoms with Crippen LogP contribution >= 0.6 is 11.6 Å². The highest BCUT2D eigenvalue weighted by molar-refractivity contribution is 6.31.